The van der Waals surface area contributed by atoms with Crippen molar-refractivity contribution in [3.05, 3.63) is 65.0 Å². The number of nitrogens with two attached hydrogens (primary N) is 2. The van der Waals surface area contributed by atoms with E-state index in [9.17, 15) is 14.4 Å². The van der Waals surface area contributed by atoms with E-state index in [1.807, 2.05) is 18.2 Å². The lowest BCUT2D eigenvalue weighted by molar-refractivity contribution is -0.124. The number of nitrogen functional groups attached to an aromatic ring is 1. The number of anilines is 3. The summed E-state index contributed by atoms with van der Waals surface area (Å²) in [5.41, 5.74) is 15.1. The fourth-order valence-corrected chi connectivity index (χ4v) is 3.59. The number of benzene rings is 2. The Labute approximate surface area is 189 Å². The van der Waals surface area contributed by atoms with Crippen LogP contribution in [0.5, 0.6) is 5.75 Å². The number of hydrogen-bond donors (Lipinski definition) is 3. The Morgan fingerprint density at radius 3 is 2.38 bits per heavy atom. The molecule has 2 aromatic carbocycles. The maximum absolute atomic E-state index is 13.0. The quantitative estimate of drug-likeness (QED) is 0.334. The number of carbonyl (C=O) groups excluding carboxylic acids is 3. The Hall–Kier alpha value is -3.92. The molecule has 0 unspecified atom stereocenters. The number of thiazole rings is 1. The summed E-state index contributed by atoms with van der Waals surface area (Å²) in [5.74, 6) is -0.659. The van der Waals surface area contributed by atoms with Gasteiger partial charge in [0.25, 0.3) is 5.91 Å². The van der Waals surface area contributed by atoms with Crippen molar-refractivity contribution in [3.8, 4) is 5.75 Å². The molecule has 0 aliphatic rings. The molecule has 0 saturated heterocycles. The van der Waals surface area contributed by atoms with Crippen molar-refractivity contribution >= 4 is 45.6 Å². The first-order valence-corrected chi connectivity index (χ1v) is 10.6. The topological polar surface area (TPSA) is 141 Å². The van der Waals surface area contributed by atoms with Crippen molar-refractivity contribution in [2.75, 3.05) is 10.7 Å². The molecule has 10 heteroatoms. The fraction of sp³-hybridized carbons (Fsp3) is 0.182. The van der Waals surface area contributed by atoms with Crippen LogP contribution >= 0.6 is 11.3 Å². The fourth-order valence-electron chi connectivity index (χ4n) is 2.66. The molecule has 0 spiro atoms. The molecular formula is C22H23N5O4S. The summed E-state index contributed by atoms with van der Waals surface area (Å²) >= 11 is 1.07. The second-order valence-corrected chi connectivity index (χ2v) is 7.76. The summed E-state index contributed by atoms with van der Waals surface area (Å²) in [4.78, 5) is 40.8. The van der Waals surface area contributed by atoms with Crippen molar-refractivity contribution < 1.29 is 19.1 Å². The van der Waals surface area contributed by atoms with Crippen LogP contribution in [0, 0.1) is 0 Å². The zero-order valence-corrected chi connectivity index (χ0v) is 18.4. The van der Waals surface area contributed by atoms with Gasteiger partial charge in [-0.05, 0) is 43.3 Å². The van der Waals surface area contributed by atoms with E-state index in [4.69, 9.17) is 16.2 Å². The van der Waals surface area contributed by atoms with E-state index < -0.39 is 12.0 Å². The van der Waals surface area contributed by atoms with Gasteiger partial charge < -0.3 is 16.2 Å². The number of ketones is 1. The van der Waals surface area contributed by atoms with Crippen LogP contribution in [0.2, 0.25) is 0 Å². The first kappa shape index (κ1) is 22.8. The Balaban J connectivity index is 1.86. The molecule has 3 rings (SSSR count). The van der Waals surface area contributed by atoms with Crippen LogP contribution in [-0.4, -0.2) is 28.7 Å². The monoisotopic (exact) mass is 453 g/mol. The summed E-state index contributed by atoms with van der Waals surface area (Å²) in [5, 5.41) is 1.86. The summed E-state index contributed by atoms with van der Waals surface area (Å²) < 4.78 is 5.40. The van der Waals surface area contributed by atoms with E-state index in [1.165, 1.54) is 11.9 Å². The second-order valence-electron chi connectivity index (χ2n) is 6.79. The normalized spacial score (nSPS) is 11.4. The number of primary amides is 1. The van der Waals surface area contributed by atoms with Crippen LogP contribution in [0.3, 0.4) is 0 Å². The van der Waals surface area contributed by atoms with Crippen LogP contribution in [0.15, 0.2) is 54.6 Å². The van der Waals surface area contributed by atoms with Crippen LogP contribution < -0.4 is 26.6 Å². The molecule has 0 radical (unpaired) electrons. The van der Waals surface area contributed by atoms with Gasteiger partial charge in [0, 0.05) is 12.0 Å². The molecule has 3 aromatic rings. The van der Waals surface area contributed by atoms with E-state index >= 15 is 0 Å². The largest absolute Gasteiger partial charge is 0.481 e. The molecule has 0 saturated carbocycles. The van der Waals surface area contributed by atoms with E-state index in [0.29, 0.717) is 22.1 Å². The molecule has 1 aromatic heterocycles. The highest BCUT2D eigenvalue weighted by atomic mass is 32.1. The number of para-hydroxylation sites is 1. The van der Waals surface area contributed by atoms with Gasteiger partial charge in [0.2, 0.25) is 16.8 Å². The minimum atomic E-state index is -0.793. The Bertz CT molecular complexity index is 1120. The molecule has 0 fully saturated rings. The van der Waals surface area contributed by atoms with E-state index in [-0.39, 0.29) is 28.8 Å². The Kier molecular flexibility index (Phi) is 7.06. The lowest BCUT2D eigenvalue weighted by atomic mass is 10.1. The third kappa shape index (κ3) is 5.22. The smallest absolute Gasteiger partial charge is 0.258 e. The maximum Gasteiger partial charge on any atom is 0.258 e. The molecule has 0 aliphatic carbocycles. The van der Waals surface area contributed by atoms with Gasteiger partial charge in [-0.25, -0.2) is 9.99 Å². The number of rotatable bonds is 9. The highest BCUT2D eigenvalue weighted by Crippen LogP contribution is 2.33. The molecule has 0 bridgehead atoms. The summed E-state index contributed by atoms with van der Waals surface area (Å²) in [7, 11) is 0. The zero-order valence-electron chi connectivity index (χ0n) is 17.6. The van der Waals surface area contributed by atoms with Crippen LogP contribution in [0.1, 0.15) is 35.5 Å². The third-order valence-corrected chi connectivity index (χ3v) is 5.50. The molecule has 32 heavy (non-hydrogen) atoms. The molecule has 5 N–H and O–H groups in total. The summed E-state index contributed by atoms with van der Waals surface area (Å²) in [6.45, 7) is 3.28. The zero-order chi connectivity index (χ0) is 23.3. The van der Waals surface area contributed by atoms with Gasteiger partial charge >= 0.3 is 0 Å². The molecule has 2 amide bonds. The first-order chi connectivity index (χ1) is 15.3. The van der Waals surface area contributed by atoms with Gasteiger partial charge in [-0.15, -0.1) is 0 Å². The van der Waals surface area contributed by atoms with E-state index in [2.05, 4.69) is 10.4 Å². The van der Waals surface area contributed by atoms with Crippen molar-refractivity contribution in [2.24, 2.45) is 5.73 Å². The number of carbonyl (C=O) groups is 3. The SMILES string of the molecule is CCC(=O)NN(c1ccccc1)c1nc(N)c(C(=O)c2ccc(O[C@@H](C)C(N)=O)cc2)s1. The van der Waals surface area contributed by atoms with Gasteiger partial charge in [0.05, 0.1) is 5.69 Å². The van der Waals surface area contributed by atoms with Crippen molar-refractivity contribution in [1.82, 2.24) is 10.4 Å². The highest BCUT2D eigenvalue weighted by molar-refractivity contribution is 7.18. The average Bonchev–Trinajstić information content (AvgIpc) is 3.18. The number of hydrazine groups is 1. The molecule has 1 atom stereocenters. The minimum absolute atomic E-state index is 0.0596. The number of nitrogens with one attached hydrogen (secondary N) is 1. The molecule has 9 nitrogen and oxygen atoms in total. The number of ether oxygens (including phenoxy) is 1. The van der Waals surface area contributed by atoms with Gasteiger partial charge in [-0.2, -0.15) is 0 Å². The lowest BCUT2D eigenvalue weighted by Crippen LogP contribution is -2.38. The van der Waals surface area contributed by atoms with E-state index in [0.717, 1.165) is 11.3 Å². The number of amides is 2. The van der Waals surface area contributed by atoms with Gasteiger partial charge in [-0.3, -0.25) is 19.8 Å². The predicted molar refractivity (Wildman–Crippen MR) is 123 cm³/mol. The predicted octanol–water partition coefficient (Wildman–Crippen LogP) is 2.79. The van der Waals surface area contributed by atoms with Crippen LogP contribution in [0.4, 0.5) is 16.6 Å². The average molecular weight is 454 g/mol. The van der Waals surface area contributed by atoms with Crippen molar-refractivity contribution in [1.29, 1.82) is 0 Å². The van der Waals surface area contributed by atoms with Crippen molar-refractivity contribution in [3.63, 3.8) is 0 Å². The minimum Gasteiger partial charge on any atom is -0.481 e. The molecular weight excluding hydrogens is 430 g/mol. The standard InChI is InChI=1S/C22H23N5O4S/c1-3-17(28)26-27(15-7-5-4-6-8-15)22-25-20(23)19(32-22)18(29)14-9-11-16(12-10-14)31-13(2)21(24)30/h4-13H,3,23H2,1-2H3,(H2,24,30)(H,26,28)/t13-/m0/s1. The lowest BCUT2D eigenvalue weighted by Gasteiger charge is -2.22. The number of hydrogen-bond acceptors (Lipinski definition) is 8. The second kappa shape index (κ2) is 9.92. The van der Waals surface area contributed by atoms with Crippen LogP contribution in [-0.2, 0) is 9.59 Å². The van der Waals surface area contributed by atoms with E-state index in [1.54, 1.807) is 43.3 Å². The number of aromatic nitrogens is 1. The first-order valence-electron chi connectivity index (χ1n) is 9.81. The van der Waals surface area contributed by atoms with Crippen molar-refractivity contribution in [2.45, 2.75) is 26.4 Å². The Morgan fingerprint density at radius 2 is 1.78 bits per heavy atom. The van der Waals surface area contributed by atoms with Gasteiger partial charge in [-0.1, -0.05) is 36.5 Å². The third-order valence-electron chi connectivity index (χ3n) is 4.44. The number of nitrogens with zero attached hydrogens (tertiary/aromatic N) is 2. The van der Waals surface area contributed by atoms with Gasteiger partial charge in [0.15, 0.2) is 6.10 Å². The maximum atomic E-state index is 13.0. The van der Waals surface area contributed by atoms with Gasteiger partial charge in [0.1, 0.15) is 16.4 Å². The highest BCUT2D eigenvalue weighted by Gasteiger charge is 2.23. The summed E-state index contributed by atoms with van der Waals surface area (Å²) in [6.07, 6.45) is -0.516. The summed E-state index contributed by atoms with van der Waals surface area (Å²) in [6, 6.07) is 15.4. The molecule has 0 aliphatic heterocycles. The van der Waals surface area contributed by atoms with Crippen LogP contribution in [0.25, 0.3) is 0 Å². The molecule has 166 valence electrons. The molecule has 1 heterocycles. The Morgan fingerprint density at radius 1 is 1.12 bits per heavy atom.